The van der Waals surface area contributed by atoms with E-state index in [1.807, 2.05) is 11.3 Å². The van der Waals surface area contributed by atoms with Crippen LogP contribution in [0.25, 0.3) is 10.1 Å². The van der Waals surface area contributed by atoms with Gasteiger partial charge in [-0.1, -0.05) is 32.0 Å². The fourth-order valence-electron chi connectivity index (χ4n) is 3.61. The van der Waals surface area contributed by atoms with Crippen LogP contribution in [0.4, 0.5) is 0 Å². The van der Waals surface area contributed by atoms with Crippen LogP contribution >= 0.6 is 11.3 Å². The van der Waals surface area contributed by atoms with Gasteiger partial charge in [0.2, 0.25) is 0 Å². The second kappa shape index (κ2) is 6.07. The van der Waals surface area contributed by atoms with E-state index < -0.39 is 0 Å². The van der Waals surface area contributed by atoms with Crippen molar-refractivity contribution in [1.29, 1.82) is 0 Å². The van der Waals surface area contributed by atoms with E-state index in [2.05, 4.69) is 60.6 Å². The molecule has 1 aromatic carbocycles. The molecule has 1 aliphatic heterocycles. The van der Waals surface area contributed by atoms with E-state index in [0.29, 0.717) is 11.6 Å². The predicted molar refractivity (Wildman–Crippen MR) is 93.0 cm³/mol. The molecule has 0 amide bonds. The highest BCUT2D eigenvalue weighted by atomic mass is 32.1. The Bertz CT molecular complexity index is 600. The smallest absolute Gasteiger partial charge is 0.0346 e. The third-order valence-electron chi connectivity index (χ3n) is 5.18. The molecule has 1 atom stereocenters. The minimum Gasteiger partial charge on any atom is -0.311 e. The Morgan fingerprint density at radius 1 is 1.29 bits per heavy atom. The number of benzene rings is 1. The van der Waals surface area contributed by atoms with Gasteiger partial charge in [-0.15, -0.1) is 11.3 Å². The van der Waals surface area contributed by atoms with Crippen LogP contribution in [0.5, 0.6) is 0 Å². The molecule has 1 saturated heterocycles. The summed E-state index contributed by atoms with van der Waals surface area (Å²) in [6, 6.07) is 9.38. The quantitative estimate of drug-likeness (QED) is 0.908. The van der Waals surface area contributed by atoms with Gasteiger partial charge in [-0.2, -0.15) is 0 Å². The topological polar surface area (TPSA) is 15.3 Å². The van der Waals surface area contributed by atoms with Crippen molar-refractivity contribution in [3.8, 4) is 0 Å². The molecule has 0 spiro atoms. The summed E-state index contributed by atoms with van der Waals surface area (Å²) in [5, 5.41) is 7.48. The number of nitrogens with zero attached hydrogens (tertiary/aromatic N) is 1. The maximum absolute atomic E-state index is 3.68. The molecule has 114 valence electrons. The summed E-state index contributed by atoms with van der Waals surface area (Å²) in [7, 11) is 0. The molecule has 0 radical (unpaired) electrons. The van der Waals surface area contributed by atoms with E-state index >= 15 is 0 Å². The summed E-state index contributed by atoms with van der Waals surface area (Å²) in [6.07, 6.45) is 2.43. The van der Waals surface area contributed by atoms with Crippen molar-refractivity contribution in [3.63, 3.8) is 0 Å². The van der Waals surface area contributed by atoms with Crippen molar-refractivity contribution in [2.75, 3.05) is 13.1 Å². The van der Waals surface area contributed by atoms with Crippen molar-refractivity contribution >= 4 is 21.4 Å². The molecule has 1 fully saturated rings. The van der Waals surface area contributed by atoms with E-state index in [0.717, 1.165) is 19.6 Å². The molecular formula is C18H26N2S. The first-order valence-corrected chi connectivity index (χ1v) is 9.00. The summed E-state index contributed by atoms with van der Waals surface area (Å²) in [5.41, 5.74) is 1.81. The lowest BCUT2D eigenvalue weighted by atomic mass is 9.87. The minimum atomic E-state index is 0.315. The zero-order valence-corrected chi connectivity index (χ0v) is 14.2. The summed E-state index contributed by atoms with van der Waals surface area (Å²) in [5.74, 6) is 0. The van der Waals surface area contributed by atoms with E-state index in [4.69, 9.17) is 0 Å². The van der Waals surface area contributed by atoms with Crippen LogP contribution in [0.1, 0.15) is 39.2 Å². The van der Waals surface area contributed by atoms with Crippen molar-refractivity contribution in [3.05, 3.63) is 35.2 Å². The zero-order valence-electron chi connectivity index (χ0n) is 13.4. The molecule has 21 heavy (non-hydrogen) atoms. The Kier molecular flexibility index (Phi) is 4.34. The second-order valence-electron chi connectivity index (χ2n) is 6.35. The number of rotatable bonds is 4. The Labute approximate surface area is 132 Å². The largest absolute Gasteiger partial charge is 0.311 e. The average molecular weight is 302 g/mol. The van der Waals surface area contributed by atoms with Gasteiger partial charge in [0.05, 0.1) is 0 Å². The molecular weight excluding hydrogens is 276 g/mol. The summed E-state index contributed by atoms with van der Waals surface area (Å²) < 4.78 is 1.41. The summed E-state index contributed by atoms with van der Waals surface area (Å²) in [4.78, 5) is 2.72. The Hall–Kier alpha value is -0.900. The molecule has 3 rings (SSSR count). The Morgan fingerprint density at radius 3 is 2.81 bits per heavy atom. The second-order valence-corrected chi connectivity index (χ2v) is 7.26. The third-order valence-corrected chi connectivity index (χ3v) is 6.20. The zero-order chi connectivity index (χ0) is 14.9. The number of hydrogen-bond donors (Lipinski definition) is 1. The van der Waals surface area contributed by atoms with Gasteiger partial charge in [0.15, 0.2) is 0 Å². The maximum Gasteiger partial charge on any atom is 0.0346 e. The van der Waals surface area contributed by atoms with Crippen LogP contribution in [-0.2, 0) is 6.54 Å². The SMILES string of the molecule is CCC1(CC)CNC(C)CN1Cc1csc2ccccc12. The maximum atomic E-state index is 3.68. The lowest BCUT2D eigenvalue weighted by molar-refractivity contribution is 0.0282. The fraction of sp³-hybridized carbons (Fsp3) is 0.556. The third kappa shape index (κ3) is 2.75. The van der Waals surface area contributed by atoms with Gasteiger partial charge in [0, 0.05) is 35.9 Å². The molecule has 0 aliphatic carbocycles. The van der Waals surface area contributed by atoms with Crippen LogP contribution in [0.2, 0.25) is 0 Å². The van der Waals surface area contributed by atoms with Gasteiger partial charge in [0.25, 0.3) is 0 Å². The number of hydrogen-bond acceptors (Lipinski definition) is 3. The van der Waals surface area contributed by atoms with Crippen LogP contribution in [0, 0.1) is 0 Å². The van der Waals surface area contributed by atoms with Gasteiger partial charge in [0.1, 0.15) is 0 Å². The normalized spacial score (nSPS) is 22.7. The van der Waals surface area contributed by atoms with Gasteiger partial charge in [-0.25, -0.2) is 0 Å². The van der Waals surface area contributed by atoms with E-state index in [1.54, 1.807) is 0 Å². The monoisotopic (exact) mass is 302 g/mol. The summed E-state index contributed by atoms with van der Waals surface area (Å²) >= 11 is 1.88. The molecule has 2 heterocycles. The van der Waals surface area contributed by atoms with E-state index in [-0.39, 0.29) is 0 Å². The molecule has 1 N–H and O–H groups in total. The predicted octanol–water partition coefficient (Wildman–Crippen LogP) is 4.25. The van der Waals surface area contributed by atoms with Crippen molar-refractivity contribution < 1.29 is 0 Å². The highest BCUT2D eigenvalue weighted by molar-refractivity contribution is 7.17. The molecule has 1 aromatic heterocycles. The summed E-state index contributed by atoms with van der Waals surface area (Å²) in [6.45, 7) is 10.3. The highest BCUT2D eigenvalue weighted by Gasteiger charge is 2.37. The molecule has 3 heteroatoms. The molecule has 2 aromatic rings. The first-order chi connectivity index (χ1) is 10.2. The highest BCUT2D eigenvalue weighted by Crippen LogP contribution is 2.32. The van der Waals surface area contributed by atoms with E-state index in [1.165, 1.54) is 28.5 Å². The van der Waals surface area contributed by atoms with Crippen molar-refractivity contribution in [1.82, 2.24) is 10.2 Å². The van der Waals surface area contributed by atoms with Crippen LogP contribution in [-0.4, -0.2) is 29.6 Å². The van der Waals surface area contributed by atoms with Gasteiger partial charge < -0.3 is 5.32 Å². The lowest BCUT2D eigenvalue weighted by Gasteiger charge is -2.49. The Morgan fingerprint density at radius 2 is 2.05 bits per heavy atom. The van der Waals surface area contributed by atoms with Crippen molar-refractivity contribution in [2.24, 2.45) is 0 Å². The lowest BCUT2D eigenvalue weighted by Crippen LogP contribution is -2.63. The van der Waals surface area contributed by atoms with Crippen molar-refractivity contribution in [2.45, 2.75) is 51.7 Å². The standard InChI is InChI=1S/C18H26N2S/c1-4-18(5-2)13-19-14(3)10-20(18)11-15-12-21-17-9-7-6-8-16(15)17/h6-9,12,14,19H,4-5,10-11,13H2,1-3H3. The molecule has 0 bridgehead atoms. The first kappa shape index (κ1) is 15.0. The minimum absolute atomic E-state index is 0.315. The molecule has 1 unspecified atom stereocenters. The van der Waals surface area contributed by atoms with Crippen LogP contribution < -0.4 is 5.32 Å². The number of nitrogens with one attached hydrogen (secondary N) is 1. The van der Waals surface area contributed by atoms with Gasteiger partial charge >= 0.3 is 0 Å². The number of fused-ring (bicyclic) bond motifs is 1. The van der Waals surface area contributed by atoms with Gasteiger partial charge in [-0.3, -0.25) is 4.90 Å². The molecule has 2 nitrogen and oxygen atoms in total. The molecule has 0 saturated carbocycles. The Balaban J connectivity index is 1.90. The number of thiophene rings is 1. The first-order valence-electron chi connectivity index (χ1n) is 8.12. The van der Waals surface area contributed by atoms with Crippen LogP contribution in [0.3, 0.4) is 0 Å². The molecule has 1 aliphatic rings. The van der Waals surface area contributed by atoms with Gasteiger partial charge in [-0.05, 0) is 42.2 Å². The number of piperazine rings is 1. The fourth-order valence-corrected chi connectivity index (χ4v) is 4.56. The average Bonchev–Trinajstić information content (AvgIpc) is 2.92. The van der Waals surface area contributed by atoms with E-state index in [9.17, 15) is 0 Å². The van der Waals surface area contributed by atoms with Crippen LogP contribution in [0.15, 0.2) is 29.6 Å².